The van der Waals surface area contributed by atoms with E-state index in [1.54, 1.807) is 0 Å². The molecule has 1 N–H and O–H groups in total. The number of hydrogen-bond acceptors (Lipinski definition) is 1. The minimum Gasteiger partial charge on any atom is -0.508 e. The van der Waals surface area contributed by atoms with Crippen molar-refractivity contribution in [1.82, 2.24) is 0 Å². The summed E-state index contributed by atoms with van der Waals surface area (Å²) < 4.78 is 1.08. The third kappa shape index (κ3) is 1.89. The average Bonchev–Trinajstić information content (AvgIpc) is 2.05. The van der Waals surface area contributed by atoms with Crippen LogP contribution in [0.5, 0.6) is 0 Å². The topological polar surface area (TPSA) is 20.2 Å². The van der Waals surface area contributed by atoms with Crippen LogP contribution < -0.4 is 0 Å². The number of rotatable bonds is 2. The summed E-state index contributed by atoms with van der Waals surface area (Å²) in [6, 6.07) is 5.70. The van der Waals surface area contributed by atoms with E-state index in [0.717, 1.165) is 16.5 Å². The zero-order valence-corrected chi connectivity index (χ0v) is 8.56. The lowest BCUT2D eigenvalue weighted by Gasteiger charge is -2.03. The molecule has 1 aromatic carbocycles. The third-order valence-corrected chi connectivity index (χ3v) is 2.53. The normalized spacial score (nSPS) is 9.83. The molecule has 0 radical (unpaired) electrons. The first-order valence-corrected chi connectivity index (χ1v) is 4.61. The van der Waals surface area contributed by atoms with Crippen LogP contribution in [0, 0.1) is 0 Å². The summed E-state index contributed by atoms with van der Waals surface area (Å²) in [5.41, 5.74) is 1.97. The molecule has 64 valence electrons. The standard InChI is InChI=1S/C10H11BrO/c1-3-8-6-9(7(2)12)4-5-10(8)11/h4-6,12H,2-3H2,1H3. The molecule has 0 amide bonds. The number of aryl methyl sites for hydroxylation is 1. The van der Waals surface area contributed by atoms with Crippen molar-refractivity contribution in [2.75, 3.05) is 0 Å². The van der Waals surface area contributed by atoms with E-state index in [2.05, 4.69) is 29.4 Å². The maximum Gasteiger partial charge on any atom is 0.115 e. The van der Waals surface area contributed by atoms with E-state index in [4.69, 9.17) is 5.11 Å². The molecule has 0 aromatic heterocycles. The van der Waals surface area contributed by atoms with Gasteiger partial charge >= 0.3 is 0 Å². The van der Waals surface area contributed by atoms with Crippen molar-refractivity contribution in [2.24, 2.45) is 0 Å². The molecular formula is C10H11BrO. The van der Waals surface area contributed by atoms with Gasteiger partial charge < -0.3 is 5.11 Å². The van der Waals surface area contributed by atoms with Crippen molar-refractivity contribution < 1.29 is 5.11 Å². The Kier molecular flexibility index (Phi) is 2.93. The fraction of sp³-hybridized carbons (Fsp3) is 0.200. The van der Waals surface area contributed by atoms with Crippen molar-refractivity contribution in [3.05, 3.63) is 40.4 Å². The van der Waals surface area contributed by atoms with Crippen LogP contribution in [0.3, 0.4) is 0 Å². The first-order valence-electron chi connectivity index (χ1n) is 3.81. The molecular weight excluding hydrogens is 216 g/mol. The molecule has 1 rings (SSSR count). The fourth-order valence-corrected chi connectivity index (χ4v) is 1.55. The van der Waals surface area contributed by atoms with Crippen LogP contribution in [0.1, 0.15) is 18.1 Å². The third-order valence-electron chi connectivity index (χ3n) is 1.76. The van der Waals surface area contributed by atoms with Crippen molar-refractivity contribution in [3.8, 4) is 0 Å². The highest BCUT2D eigenvalue weighted by Crippen LogP contribution is 2.21. The Bertz CT molecular complexity index is 305. The minimum absolute atomic E-state index is 0.122. The van der Waals surface area contributed by atoms with Gasteiger partial charge in [-0.3, -0.25) is 0 Å². The van der Waals surface area contributed by atoms with Crippen LogP contribution in [-0.2, 0) is 6.42 Å². The van der Waals surface area contributed by atoms with Gasteiger partial charge in [-0.1, -0.05) is 35.5 Å². The lowest BCUT2D eigenvalue weighted by molar-refractivity contribution is 0.513. The lowest BCUT2D eigenvalue weighted by atomic mass is 10.1. The Labute approximate surface area is 80.9 Å². The molecule has 0 bridgehead atoms. The van der Waals surface area contributed by atoms with E-state index < -0.39 is 0 Å². The predicted molar refractivity (Wildman–Crippen MR) is 55.2 cm³/mol. The highest BCUT2D eigenvalue weighted by atomic mass is 79.9. The van der Waals surface area contributed by atoms with Crippen molar-refractivity contribution in [3.63, 3.8) is 0 Å². The highest BCUT2D eigenvalue weighted by Gasteiger charge is 2.00. The molecule has 2 heteroatoms. The zero-order valence-electron chi connectivity index (χ0n) is 6.97. The molecule has 0 aliphatic carbocycles. The van der Waals surface area contributed by atoms with E-state index in [0.29, 0.717) is 0 Å². The number of aliphatic hydroxyl groups excluding tert-OH is 1. The van der Waals surface area contributed by atoms with E-state index in [9.17, 15) is 0 Å². The van der Waals surface area contributed by atoms with Crippen LogP contribution in [-0.4, -0.2) is 5.11 Å². The summed E-state index contributed by atoms with van der Waals surface area (Å²) in [6.07, 6.45) is 0.946. The van der Waals surface area contributed by atoms with E-state index in [1.807, 2.05) is 18.2 Å². The van der Waals surface area contributed by atoms with Crippen LogP contribution in [0.2, 0.25) is 0 Å². The van der Waals surface area contributed by atoms with Crippen molar-refractivity contribution in [2.45, 2.75) is 13.3 Å². The van der Waals surface area contributed by atoms with Crippen LogP contribution in [0.15, 0.2) is 29.3 Å². The van der Waals surface area contributed by atoms with Crippen LogP contribution >= 0.6 is 15.9 Å². The Balaban J connectivity index is 3.13. The van der Waals surface area contributed by atoms with Gasteiger partial charge in [0.25, 0.3) is 0 Å². The van der Waals surface area contributed by atoms with Gasteiger partial charge in [0, 0.05) is 10.0 Å². The van der Waals surface area contributed by atoms with Crippen molar-refractivity contribution in [1.29, 1.82) is 0 Å². The number of hydrogen-bond donors (Lipinski definition) is 1. The summed E-state index contributed by atoms with van der Waals surface area (Å²) in [4.78, 5) is 0. The van der Waals surface area contributed by atoms with Crippen LogP contribution in [0.4, 0.5) is 0 Å². The van der Waals surface area contributed by atoms with Gasteiger partial charge in [0.2, 0.25) is 0 Å². The molecule has 0 spiro atoms. The monoisotopic (exact) mass is 226 g/mol. The Morgan fingerprint density at radius 3 is 2.75 bits per heavy atom. The van der Waals surface area contributed by atoms with E-state index in [1.165, 1.54) is 5.56 Å². The Hall–Kier alpha value is -0.760. The van der Waals surface area contributed by atoms with E-state index in [-0.39, 0.29) is 5.76 Å². The number of aliphatic hydroxyl groups is 1. The summed E-state index contributed by atoms with van der Waals surface area (Å²) in [5.74, 6) is 0.122. The SMILES string of the molecule is C=C(O)c1ccc(Br)c(CC)c1. The van der Waals surface area contributed by atoms with Crippen LogP contribution in [0.25, 0.3) is 5.76 Å². The lowest BCUT2D eigenvalue weighted by Crippen LogP contribution is -1.86. The summed E-state index contributed by atoms with van der Waals surface area (Å²) in [6.45, 7) is 5.54. The molecule has 0 aliphatic heterocycles. The summed E-state index contributed by atoms with van der Waals surface area (Å²) in [5, 5.41) is 9.12. The highest BCUT2D eigenvalue weighted by molar-refractivity contribution is 9.10. The second-order valence-corrected chi connectivity index (χ2v) is 3.46. The first-order chi connectivity index (χ1) is 5.65. The smallest absolute Gasteiger partial charge is 0.115 e. The molecule has 12 heavy (non-hydrogen) atoms. The molecule has 1 aromatic rings. The van der Waals surface area contributed by atoms with Crippen molar-refractivity contribution >= 4 is 21.7 Å². The summed E-state index contributed by atoms with van der Waals surface area (Å²) in [7, 11) is 0. The molecule has 0 saturated carbocycles. The van der Waals surface area contributed by atoms with Gasteiger partial charge in [-0.25, -0.2) is 0 Å². The largest absolute Gasteiger partial charge is 0.508 e. The Morgan fingerprint density at radius 1 is 1.58 bits per heavy atom. The van der Waals surface area contributed by atoms with Gasteiger partial charge in [0.1, 0.15) is 5.76 Å². The number of benzene rings is 1. The molecule has 0 saturated heterocycles. The molecule has 0 aliphatic rings. The number of halogens is 1. The zero-order chi connectivity index (χ0) is 9.14. The van der Waals surface area contributed by atoms with Gasteiger partial charge in [0.15, 0.2) is 0 Å². The molecule has 0 unspecified atom stereocenters. The first kappa shape index (κ1) is 9.33. The minimum atomic E-state index is 0.122. The second-order valence-electron chi connectivity index (χ2n) is 2.61. The van der Waals surface area contributed by atoms with Gasteiger partial charge in [0.05, 0.1) is 0 Å². The van der Waals surface area contributed by atoms with Gasteiger partial charge in [-0.05, 0) is 24.1 Å². The maximum absolute atomic E-state index is 9.12. The van der Waals surface area contributed by atoms with Gasteiger partial charge in [-0.15, -0.1) is 0 Å². The van der Waals surface area contributed by atoms with Gasteiger partial charge in [-0.2, -0.15) is 0 Å². The molecule has 1 nitrogen and oxygen atoms in total. The van der Waals surface area contributed by atoms with E-state index >= 15 is 0 Å². The quantitative estimate of drug-likeness (QED) is 0.766. The molecule has 0 atom stereocenters. The average molecular weight is 227 g/mol. The molecule has 0 fully saturated rings. The Morgan fingerprint density at radius 2 is 2.25 bits per heavy atom. The fourth-order valence-electron chi connectivity index (χ4n) is 1.03. The molecule has 0 heterocycles. The predicted octanol–water partition coefficient (Wildman–Crippen LogP) is 3.54. The second kappa shape index (κ2) is 3.76. The maximum atomic E-state index is 9.12. The summed E-state index contributed by atoms with van der Waals surface area (Å²) >= 11 is 3.43.